The molecule has 2 aromatic carbocycles. The Balaban J connectivity index is 2.07. The molecule has 4 N–H and O–H groups in total. The molecule has 0 heterocycles. The number of rotatable bonds is 5. The lowest BCUT2D eigenvalue weighted by Crippen LogP contribution is -2.13. The van der Waals surface area contributed by atoms with Gasteiger partial charge in [-0.15, -0.1) is 0 Å². The van der Waals surface area contributed by atoms with Gasteiger partial charge < -0.3 is 16.2 Å². The number of aliphatic hydroxyl groups is 1. The van der Waals surface area contributed by atoms with Gasteiger partial charge >= 0.3 is 0 Å². The predicted octanol–water partition coefficient (Wildman–Crippen LogP) is 1.82. The van der Waals surface area contributed by atoms with Crippen LogP contribution in [0.4, 0.5) is 11.4 Å². The van der Waals surface area contributed by atoms with Crippen molar-refractivity contribution in [1.29, 1.82) is 0 Å². The summed E-state index contributed by atoms with van der Waals surface area (Å²) in [6.07, 6.45) is 0.466. The summed E-state index contributed by atoms with van der Waals surface area (Å²) < 4.78 is 22.9. The van der Waals surface area contributed by atoms with Gasteiger partial charge in [0.05, 0.1) is 22.4 Å². The summed E-state index contributed by atoms with van der Waals surface area (Å²) in [4.78, 5) is 0.175. The number of nitrogen functional groups attached to an aromatic ring is 1. The summed E-state index contributed by atoms with van der Waals surface area (Å²) in [6, 6.07) is 13.8. The molecule has 0 saturated carbocycles. The molecule has 21 heavy (non-hydrogen) atoms. The molecule has 0 spiro atoms. The zero-order chi connectivity index (χ0) is 15.5. The van der Waals surface area contributed by atoms with Crippen molar-refractivity contribution in [2.75, 3.05) is 23.9 Å². The Bertz CT molecular complexity index is 715. The topological polar surface area (TPSA) is 92.4 Å². The number of nitrogens with two attached hydrogens (primary N) is 1. The molecule has 112 valence electrons. The molecule has 0 amide bonds. The van der Waals surface area contributed by atoms with E-state index in [1.165, 1.54) is 12.1 Å². The summed E-state index contributed by atoms with van der Waals surface area (Å²) in [6.45, 7) is 0.284. The summed E-state index contributed by atoms with van der Waals surface area (Å²) in [7, 11) is -3.27. The monoisotopic (exact) mass is 306 g/mol. The number of benzene rings is 2. The second-order valence-corrected chi connectivity index (χ2v) is 6.84. The van der Waals surface area contributed by atoms with E-state index >= 15 is 0 Å². The molecule has 0 aromatic heterocycles. The van der Waals surface area contributed by atoms with Crippen molar-refractivity contribution in [2.45, 2.75) is 11.0 Å². The Labute approximate surface area is 124 Å². The van der Waals surface area contributed by atoms with E-state index in [1.807, 2.05) is 30.3 Å². The third-order valence-corrected chi connectivity index (χ3v) is 4.23. The number of hydrogen-bond acceptors (Lipinski definition) is 5. The maximum atomic E-state index is 11.4. The van der Waals surface area contributed by atoms with Crippen molar-refractivity contribution in [3.8, 4) is 0 Å². The smallest absolute Gasteiger partial charge is 0.175 e. The van der Waals surface area contributed by atoms with Gasteiger partial charge in [0.15, 0.2) is 9.84 Å². The van der Waals surface area contributed by atoms with Crippen LogP contribution in [0.5, 0.6) is 0 Å². The fourth-order valence-corrected chi connectivity index (χ4v) is 2.59. The predicted molar refractivity (Wildman–Crippen MR) is 83.9 cm³/mol. The van der Waals surface area contributed by atoms with Gasteiger partial charge in [0.2, 0.25) is 0 Å². The number of aliphatic hydroxyl groups excluding tert-OH is 1. The summed E-state index contributed by atoms with van der Waals surface area (Å²) in [5, 5.41) is 13.1. The van der Waals surface area contributed by atoms with E-state index in [1.54, 1.807) is 6.07 Å². The zero-order valence-corrected chi connectivity index (χ0v) is 12.5. The van der Waals surface area contributed by atoms with Crippen LogP contribution in [0.1, 0.15) is 11.7 Å². The second-order valence-electron chi connectivity index (χ2n) is 4.83. The zero-order valence-electron chi connectivity index (χ0n) is 11.7. The summed E-state index contributed by atoms with van der Waals surface area (Å²) in [5.74, 6) is 0. The molecule has 2 rings (SSSR count). The Morgan fingerprint density at radius 1 is 1.19 bits per heavy atom. The molecule has 1 unspecified atom stereocenters. The molecule has 6 heteroatoms. The highest BCUT2D eigenvalue weighted by molar-refractivity contribution is 7.90. The highest BCUT2D eigenvalue weighted by atomic mass is 32.2. The van der Waals surface area contributed by atoms with E-state index in [0.29, 0.717) is 11.4 Å². The van der Waals surface area contributed by atoms with Crippen LogP contribution >= 0.6 is 0 Å². The van der Waals surface area contributed by atoms with Crippen LogP contribution in [0.3, 0.4) is 0 Å². The minimum Gasteiger partial charge on any atom is -0.397 e. The number of hydrogen-bond donors (Lipinski definition) is 3. The Morgan fingerprint density at radius 2 is 1.86 bits per heavy atom. The van der Waals surface area contributed by atoms with Crippen LogP contribution in [0.2, 0.25) is 0 Å². The van der Waals surface area contributed by atoms with Gasteiger partial charge in [0, 0.05) is 12.8 Å². The van der Waals surface area contributed by atoms with Crippen molar-refractivity contribution in [3.63, 3.8) is 0 Å². The minimum atomic E-state index is -3.27. The van der Waals surface area contributed by atoms with E-state index in [-0.39, 0.29) is 11.4 Å². The molecule has 2 aromatic rings. The highest BCUT2D eigenvalue weighted by Crippen LogP contribution is 2.23. The van der Waals surface area contributed by atoms with Gasteiger partial charge in [-0.2, -0.15) is 0 Å². The lowest BCUT2D eigenvalue weighted by atomic mass is 10.1. The van der Waals surface area contributed by atoms with Crippen LogP contribution in [0.15, 0.2) is 53.4 Å². The fraction of sp³-hybridized carbons (Fsp3) is 0.200. The van der Waals surface area contributed by atoms with Gasteiger partial charge in [-0.3, -0.25) is 0 Å². The molecule has 1 atom stereocenters. The third kappa shape index (κ3) is 3.96. The lowest BCUT2D eigenvalue weighted by molar-refractivity contribution is 0.191. The van der Waals surface area contributed by atoms with Crippen molar-refractivity contribution in [1.82, 2.24) is 0 Å². The maximum Gasteiger partial charge on any atom is 0.175 e. The quantitative estimate of drug-likeness (QED) is 0.733. The van der Waals surface area contributed by atoms with Gasteiger partial charge in [0.25, 0.3) is 0 Å². The average molecular weight is 306 g/mol. The Hall–Kier alpha value is -2.05. The van der Waals surface area contributed by atoms with Gasteiger partial charge in [-0.1, -0.05) is 30.3 Å². The highest BCUT2D eigenvalue weighted by Gasteiger charge is 2.11. The first-order valence-electron chi connectivity index (χ1n) is 6.44. The second kappa shape index (κ2) is 6.15. The van der Waals surface area contributed by atoms with Gasteiger partial charge in [-0.05, 0) is 23.8 Å². The first-order valence-corrected chi connectivity index (χ1v) is 8.33. The van der Waals surface area contributed by atoms with E-state index in [4.69, 9.17) is 5.73 Å². The molecule has 0 aliphatic rings. The van der Waals surface area contributed by atoms with Gasteiger partial charge in [0.1, 0.15) is 0 Å². The molecule has 0 saturated heterocycles. The van der Waals surface area contributed by atoms with Gasteiger partial charge in [-0.25, -0.2) is 8.42 Å². The van der Waals surface area contributed by atoms with Crippen LogP contribution in [-0.2, 0) is 9.84 Å². The fourth-order valence-electron chi connectivity index (χ4n) is 1.93. The summed E-state index contributed by atoms with van der Waals surface area (Å²) >= 11 is 0. The lowest BCUT2D eigenvalue weighted by Gasteiger charge is -2.15. The van der Waals surface area contributed by atoms with E-state index < -0.39 is 15.9 Å². The SMILES string of the molecule is CS(=O)(=O)c1ccc(NCC(O)c2ccccc2)c(N)c1. The summed E-state index contributed by atoms with van der Waals surface area (Å²) in [5.41, 5.74) is 7.56. The minimum absolute atomic E-state index is 0.175. The molecular weight excluding hydrogens is 288 g/mol. The third-order valence-electron chi connectivity index (χ3n) is 3.12. The van der Waals surface area contributed by atoms with Crippen molar-refractivity contribution in [3.05, 3.63) is 54.1 Å². The molecule has 0 fully saturated rings. The molecule has 0 radical (unpaired) electrons. The van der Waals surface area contributed by atoms with E-state index in [9.17, 15) is 13.5 Å². The molecular formula is C15H18N2O3S. The van der Waals surface area contributed by atoms with Crippen molar-refractivity contribution >= 4 is 21.2 Å². The number of sulfone groups is 1. The van der Waals surface area contributed by atoms with Crippen molar-refractivity contribution in [2.24, 2.45) is 0 Å². The standard InChI is InChI=1S/C15H18N2O3S/c1-21(19,20)12-7-8-14(13(16)9-12)17-10-15(18)11-5-3-2-4-6-11/h2-9,15,17-18H,10,16H2,1H3. The Kier molecular flexibility index (Phi) is 4.50. The average Bonchev–Trinajstić information content (AvgIpc) is 2.45. The maximum absolute atomic E-state index is 11.4. The first-order chi connectivity index (χ1) is 9.88. The molecule has 5 nitrogen and oxygen atoms in total. The van der Waals surface area contributed by atoms with E-state index in [2.05, 4.69) is 5.32 Å². The molecule has 0 bridgehead atoms. The largest absolute Gasteiger partial charge is 0.397 e. The normalized spacial score (nSPS) is 12.9. The van der Waals surface area contributed by atoms with Crippen LogP contribution in [-0.4, -0.2) is 26.3 Å². The Morgan fingerprint density at radius 3 is 2.43 bits per heavy atom. The number of anilines is 2. The molecule has 0 aliphatic heterocycles. The van der Waals surface area contributed by atoms with Crippen LogP contribution in [0.25, 0.3) is 0 Å². The molecule has 0 aliphatic carbocycles. The number of nitrogens with one attached hydrogen (secondary N) is 1. The van der Waals surface area contributed by atoms with Crippen molar-refractivity contribution < 1.29 is 13.5 Å². The first kappa shape index (κ1) is 15.3. The van der Waals surface area contributed by atoms with Crippen LogP contribution < -0.4 is 11.1 Å². The van der Waals surface area contributed by atoms with E-state index in [0.717, 1.165) is 11.8 Å². The van der Waals surface area contributed by atoms with Crippen LogP contribution in [0, 0.1) is 0 Å².